The van der Waals surface area contributed by atoms with Crippen LogP contribution in [-0.4, -0.2) is 45.2 Å². The number of carbonyl (C=O) groups excluding carboxylic acids is 3. The molecule has 162 valence electrons. The maximum absolute atomic E-state index is 13.2. The minimum absolute atomic E-state index is 0.133. The minimum Gasteiger partial charge on any atom is -0.309 e. The van der Waals surface area contributed by atoms with Gasteiger partial charge in [-0.1, -0.05) is 38.7 Å². The number of aromatic nitrogens is 1. The molecule has 1 aliphatic carbocycles. The summed E-state index contributed by atoms with van der Waals surface area (Å²) in [6.07, 6.45) is 7.29. The van der Waals surface area contributed by atoms with E-state index in [9.17, 15) is 14.4 Å². The second-order valence-corrected chi connectivity index (χ2v) is 7.91. The molecule has 3 amide bonds. The zero-order valence-corrected chi connectivity index (χ0v) is 17.2. The highest BCUT2D eigenvalue weighted by molar-refractivity contribution is 5.99. The first-order valence-electron chi connectivity index (χ1n) is 10.6. The number of rotatable bonds is 8. The Bertz CT molecular complexity index is 806. The molecule has 3 N–H and O–H groups in total. The van der Waals surface area contributed by atoms with E-state index >= 15 is 0 Å². The van der Waals surface area contributed by atoms with E-state index in [1.165, 1.54) is 11.2 Å². The second kappa shape index (κ2) is 10.3. The van der Waals surface area contributed by atoms with Gasteiger partial charge in [0, 0.05) is 30.7 Å². The number of pyridine rings is 1. The van der Waals surface area contributed by atoms with Crippen LogP contribution in [0.5, 0.6) is 0 Å². The lowest BCUT2D eigenvalue weighted by atomic mass is 9.89. The van der Waals surface area contributed by atoms with E-state index in [1.54, 1.807) is 11.5 Å². The van der Waals surface area contributed by atoms with Crippen molar-refractivity contribution >= 4 is 29.8 Å². The molecule has 1 aliphatic heterocycles. The Hall–Kier alpha value is -2.81. The highest BCUT2D eigenvalue weighted by atomic mass is 16.5. The van der Waals surface area contributed by atoms with Gasteiger partial charge in [0.2, 0.25) is 11.8 Å². The summed E-state index contributed by atoms with van der Waals surface area (Å²) in [5, 5.41) is 17.0. The lowest BCUT2D eigenvalue weighted by molar-refractivity contribution is -0.144. The molecule has 30 heavy (non-hydrogen) atoms. The van der Waals surface area contributed by atoms with Gasteiger partial charge in [-0.2, -0.15) is 5.10 Å². The summed E-state index contributed by atoms with van der Waals surface area (Å²) in [4.78, 5) is 42.2. The molecule has 2 atom stereocenters. The fourth-order valence-corrected chi connectivity index (χ4v) is 4.18. The maximum Gasteiger partial charge on any atom is 0.250 e. The van der Waals surface area contributed by atoms with Crippen molar-refractivity contribution in [1.29, 1.82) is 0 Å². The van der Waals surface area contributed by atoms with Gasteiger partial charge in [0.25, 0.3) is 5.91 Å². The van der Waals surface area contributed by atoms with Gasteiger partial charge >= 0.3 is 0 Å². The average molecular weight is 415 g/mol. The summed E-state index contributed by atoms with van der Waals surface area (Å²) in [5.74, 6) is -1.18. The predicted octanol–water partition coefficient (Wildman–Crippen LogP) is 2.26. The Balaban J connectivity index is 1.70. The third-order valence-corrected chi connectivity index (χ3v) is 5.78. The van der Waals surface area contributed by atoms with Crippen molar-refractivity contribution in [3.8, 4) is 0 Å². The van der Waals surface area contributed by atoms with Crippen molar-refractivity contribution < 1.29 is 19.6 Å². The number of nitrogens with one attached hydrogen (secondary N) is 2. The number of hydroxylamine groups is 1. The first-order chi connectivity index (χ1) is 14.5. The minimum atomic E-state index is -0.784. The lowest BCUT2D eigenvalue weighted by Gasteiger charge is -2.26. The van der Waals surface area contributed by atoms with Crippen LogP contribution in [0.3, 0.4) is 0 Å². The predicted molar refractivity (Wildman–Crippen MR) is 111 cm³/mol. The molecule has 0 aromatic carbocycles. The average Bonchev–Trinajstić information content (AvgIpc) is 3.44. The molecule has 1 saturated carbocycles. The maximum atomic E-state index is 13.2. The second-order valence-electron chi connectivity index (χ2n) is 7.91. The number of hydrazone groups is 1. The number of hydrogen-bond donors (Lipinski definition) is 3. The summed E-state index contributed by atoms with van der Waals surface area (Å²) >= 11 is 0. The van der Waals surface area contributed by atoms with E-state index in [-0.39, 0.29) is 18.2 Å². The molecule has 0 radical (unpaired) electrons. The van der Waals surface area contributed by atoms with Crippen LogP contribution in [0.2, 0.25) is 0 Å². The summed E-state index contributed by atoms with van der Waals surface area (Å²) in [6.45, 7) is 1.98. The number of hydrogen-bond acceptors (Lipinski definition) is 6. The van der Waals surface area contributed by atoms with E-state index in [2.05, 4.69) is 15.4 Å². The first-order valence-corrected chi connectivity index (χ1v) is 10.6. The van der Waals surface area contributed by atoms with Crippen molar-refractivity contribution in [3.05, 3.63) is 23.9 Å². The van der Waals surface area contributed by atoms with E-state index in [0.717, 1.165) is 37.8 Å². The molecule has 3 rings (SSSR count). The number of nitrogens with zero attached hydrogens (tertiary/aromatic N) is 3. The SMILES string of the molecule is CCc1cccc(NC(=O)C2CC=NN2C(=O)C(CC(=O)NO)CC2CCCC2)n1. The fourth-order valence-electron chi connectivity index (χ4n) is 4.18. The molecule has 0 bridgehead atoms. The van der Waals surface area contributed by atoms with E-state index in [1.807, 2.05) is 19.1 Å². The van der Waals surface area contributed by atoms with Gasteiger partial charge in [-0.05, 0) is 30.9 Å². The van der Waals surface area contributed by atoms with Crippen molar-refractivity contribution in [1.82, 2.24) is 15.5 Å². The van der Waals surface area contributed by atoms with Gasteiger partial charge in [0.15, 0.2) is 0 Å². The van der Waals surface area contributed by atoms with Gasteiger partial charge in [0.1, 0.15) is 11.9 Å². The van der Waals surface area contributed by atoms with Crippen molar-refractivity contribution in [2.45, 2.75) is 64.3 Å². The summed E-state index contributed by atoms with van der Waals surface area (Å²) in [7, 11) is 0. The molecule has 2 aliphatic rings. The standard InChI is InChI=1S/C21H29N5O4/c1-2-16-8-5-9-18(23-16)24-20(28)17-10-11-22-26(17)21(29)15(13-19(27)25-30)12-14-6-3-4-7-14/h5,8-9,11,14-15,17,30H,2-4,6-7,10,12-13H2,1H3,(H,25,27)(H,23,24,28). The number of amides is 3. The Morgan fingerprint density at radius 1 is 1.27 bits per heavy atom. The van der Waals surface area contributed by atoms with Crippen LogP contribution in [0, 0.1) is 11.8 Å². The molecule has 0 spiro atoms. The third-order valence-electron chi connectivity index (χ3n) is 5.78. The number of aryl methyl sites for hydroxylation is 1. The molecule has 1 fully saturated rings. The molecule has 0 saturated heterocycles. The van der Waals surface area contributed by atoms with Crippen LogP contribution >= 0.6 is 0 Å². The number of carbonyl (C=O) groups is 3. The molecular formula is C21H29N5O4. The Morgan fingerprint density at radius 2 is 2.03 bits per heavy atom. The zero-order chi connectivity index (χ0) is 21.5. The van der Waals surface area contributed by atoms with Gasteiger partial charge in [-0.15, -0.1) is 0 Å². The lowest BCUT2D eigenvalue weighted by Crippen LogP contribution is -2.45. The summed E-state index contributed by atoms with van der Waals surface area (Å²) < 4.78 is 0. The van der Waals surface area contributed by atoms with Gasteiger partial charge in [-0.3, -0.25) is 19.6 Å². The Kier molecular flexibility index (Phi) is 7.51. The normalized spacial score (nSPS) is 19.7. The molecule has 9 nitrogen and oxygen atoms in total. The van der Waals surface area contributed by atoms with Crippen LogP contribution in [-0.2, 0) is 20.8 Å². The number of anilines is 1. The Labute approximate surface area is 175 Å². The van der Waals surface area contributed by atoms with E-state index < -0.39 is 17.9 Å². The van der Waals surface area contributed by atoms with Crippen LogP contribution in [0.1, 0.15) is 57.6 Å². The van der Waals surface area contributed by atoms with Crippen LogP contribution < -0.4 is 10.8 Å². The monoisotopic (exact) mass is 415 g/mol. The third kappa shape index (κ3) is 5.41. The van der Waals surface area contributed by atoms with Crippen LogP contribution in [0.4, 0.5) is 5.82 Å². The Morgan fingerprint density at radius 3 is 2.73 bits per heavy atom. The van der Waals surface area contributed by atoms with Crippen LogP contribution in [0.15, 0.2) is 23.3 Å². The van der Waals surface area contributed by atoms with E-state index in [4.69, 9.17) is 5.21 Å². The fraction of sp³-hybridized carbons (Fsp3) is 0.571. The molecule has 2 heterocycles. The highest BCUT2D eigenvalue weighted by Gasteiger charge is 2.38. The molecule has 1 aromatic rings. The van der Waals surface area contributed by atoms with Gasteiger partial charge in [0.05, 0.1) is 0 Å². The smallest absolute Gasteiger partial charge is 0.250 e. The summed E-state index contributed by atoms with van der Waals surface area (Å²) in [5.41, 5.74) is 2.46. The van der Waals surface area contributed by atoms with Crippen molar-refractivity contribution in [3.63, 3.8) is 0 Å². The molecular weight excluding hydrogens is 386 g/mol. The molecule has 1 aromatic heterocycles. The first kappa shape index (κ1) is 21.9. The van der Waals surface area contributed by atoms with E-state index in [0.29, 0.717) is 24.6 Å². The van der Waals surface area contributed by atoms with Gasteiger partial charge < -0.3 is 5.32 Å². The molecule has 9 heteroatoms. The van der Waals surface area contributed by atoms with Crippen molar-refractivity contribution in [2.75, 3.05) is 5.32 Å². The van der Waals surface area contributed by atoms with Gasteiger partial charge in [-0.25, -0.2) is 15.5 Å². The quantitative estimate of drug-likeness (QED) is 0.444. The highest BCUT2D eigenvalue weighted by Crippen LogP contribution is 2.33. The largest absolute Gasteiger partial charge is 0.309 e. The topological polar surface area (TPSA) is 124 Å². The molecule has 2 unspecified atom stereocenters. The zero-order valence-electron chi connectivity index (χ0n) is 17.2. The summed E-state index contributed by atoms with van der Waals surface area (Å²) in [6, 6.07) is 4.62. The van der Waals surface area contributed by atoms with Crippen molar-refractivity contribution in [2.24, 2.45) is 16.9 Å². The van der Waals surface area contributed by atoms with Crippen LogP contribution in [0.25, 0.3) is 0 Å².